The van der Waals surface area contributed by atoms with E-state index in [1.807, 2.05) is 0 Å². The van der Waals surface area contributed by atoms with Crippen molar-refractivity contribution in [3.63, 3.8) is 0 Å². The highest BCUT2D eigenvalue weighted by molar-refractivity contribution is 9.09. The summed E-state index contributed by atoms with van der Waals surface area (Å²) in [5.74, 6) is 0. The van der Waals surface area contributed by atoms with Crippen LogP contribution in [-0.4, -0.2) is 4.83 Å². The maximum absolute atomic E-state index is 3.80. The van der Waals surface area contributed by atoms with Gasteiger partial charge in [-0.05, 0) is 12.8 Å². The minimum atomic E-state index is 0.783. The van der Waals surface area contributed by atoms with Crippen molar-refractivity contribution in [1.29, 1.82) is 0 Å². The molecule has 0 rings (SSSR count). The zero-order valence-electron chi connectivity index (χ0n) is 13.6. The lowest BCUT2D eigenvalue weighted by atomic mass is 10.0. The fourth-order valence-corrected chi connectivity index (χ4v) is 3.25. The molecule has 1 unspecified atom stereocenters. The van der Waals surface area contributed by atoms with Gasteiger partial charge in [0.1, 0.15) is 0 Å². The molecule has 19 heavy (non-hydrogen) atoms. The third kappa shape index (κ3) is 16.4. The van der Waals surface area contributed by atoms with Gasteiger partial charge in [0.05, 0.1) is 0 Å². The van der Waals surface area contributed by atoms with Crippen molar-refractivity contribution in [1.82, 2.24) is 0 Å². The van der Waals surface area contributed by atoms with Gasteiger partial charge in [0.2, 0.25) is 0 Å². The van der Waals surface area contributed by atoms with Crippen LogP contribution in [0.4, 0.5) is 0 Å². The molecular weight excluding hydrogens is 296 g/mol. The van der Waals surface area contributed by atoms with Gasteiger partial charge >= 0.3 is 0 Å². The number of unbranched alkanes of at least 4 members (excludes halogenated alkanes) is 11. The first-order valence-corrected chi connectivity index (χ1v) is 9.86. The average molecular weight is 333 g/mol. The van der Waals surface area contributed by atoms with Crippen molar-refractivity contribution >= 4 is 15.9 Å². The molecule has 0 nitrogen and oxygen atoms in total. The molecule has 0 aliphatic heterocycles. The van der Waals surface area contributed by atoms with Crippen molar-refractivity contribution in [2.24, 2.45) is 0 Å². The summed E-state index contributed by atoms with van der Waals surface area (Å²) < 4.78 is 0. The van der Waals surface area contributed by atoms with Crippen LogP contribution in [0, 0.1) is 0 Å². The van der Waals surface area contributed by atoms with Crippen LogP contribution in [0.25, 0.3) is 0 Å². The zero-order chi connectivity index (χ0) is 14.2. The van der Waals surface area contributed by atoms with E-state index < -0.39 is 0 Å². The second-order valence-electron chi connectivity index (χ2n) is 6.06. The molecule has 1 heteroatoms. The molecule has 0 N–H and O–H groups in total. The molecule has 0 aliphatic carbocycles. The molecular formula is C18H37Br. The molecule has 0 spiro atoms. The Bertz CT molecular complexity index is 156. The molecule has 1 atom stereocenters. The minimum Gasteiger partial charge on any atom is -0.0891 e. The van der Waals surface area contributed by atoms with Gasteiger partial charge in [-0.15, -0.1) is 0 Å². The van der Waals surface area contributed by atoms with E-state index in [0.717, 1.165) is 4.83 Å². The van der Waals surface area contributed by atoms with Crippen LogP contribution in [0.1, 0.15) is 110 Å². The summed E-state index contributed by atoms with van der Waals surface area (Å²) in [7, 11) is 0. The predicted octanol–water partition coefficient (Wildman–Crippen LogP) is 7.64. The molecule has 0 bridgehead atoms. The highest BCUT2D eigenvalue weighted by Gasteiger charge is 2.02. The summed E-state index contributed by atoms with van der Waals surface area (Å²) in [6, 6.07) is 0. The lowest BCUT2D eigenvalue weighted by Crippen LogP contribution is -1.97. The summed E-state index contributed by atoms with van der Waals surface area (Å²) in [5.41, 5.74) is 0. The van der Waals surface area contributed by atoms with E-state index in [1.165, 1.54) is 96.3 Å². The Balaban J connectivity index is 3.02. The van der Waals surface area contributed by atoms with Gasteiger partial charge in [-0.3, -0.25) is 0 Å². The van der Waals surface area contributed by atoms with Gasteiger partial charge in [-0.1, -0.05) is 113 Å². The number of halogens is 1. The molecule has 0 saturated carbocycles. The maximum Gasteiger partial charge on any atom is 0.0145 e. The number of hydrogen-bond acceptors (Lipinski definition) is 0. The smallest absolute Gasteiger partial charge is 0.0145 e. The molecule has 0 aliphatic rings. The van der Waals surface area contributed by atoms with Gasteiger partial charge in [0.15, 0.2) is 0 Å². The zero-order valence-corrected chi connectivity index (χ0v) is 15.1. The van der Waals surface area contributed by atoms with E-state index in [0.29, 0.717) is 0 Å². The van der Waals surface area contributed by atoms with Crippen LogP contribution in [0.2, 0.25) is 0 Å². The second kappa shape index (κ2) is 16.5. The fourth-order valence-electron chi connectivity index (χ4n) is 2.60. The van der Waals surface area contributed by atoms with Crippen molar-refractivity contribution in [2.45, 2.75) is 115 Å². The standard InChI is InChI=1S/C18H37Br/c1-3-5-7-8-9-10-11-12-13-14-15-17-18(19)16-6-4-2/h18H,3-17H2,1-2H3. The van der Waals surface area contributed by atoms with Crippen LogP contribution >= 0.6 is 15.9 Å². The minimum absolute atomic E-state index is 0.783. The summed E-state index contributed by atoms with van der Waals surface area (Å²) in [4.78, 5) is 0.783. The van der Waals surface area contributed by atoms with Gasteiger partial charge in [-0.2, -0.15) is 0 Å². The van der Waals surface area contributed by atoms with Crippen LogP contribution in [0.5, 0.6) is 0 Å². The summed E-state index contributed by atoms with van der Waals surface area (Å²) in [6.45, 7) is 4.57. The lowest BCUT2D eigenvalue weighted by molar-refractivity contribution is 0.536. The van der Waals surface area contributed by atoms with Gasteiger partial charge in [0.25, 0.3) is 0 Å². The largest absolute Gasteiger partial charge is 0.0891 e. The van der Waals surface area contributed by atoms with Crippen LogP contribution in [-0.2, 0) is 0 Å². The monoisotopic (exact) mass is 332 g/mol. The molecule has 0 radical (unpaired) electrons. The average Bonchev–Trinajstić information content (AvgIpc) is 2.42. The third-order valence-electron chi connectivity index (χ3n) is 3.99. The molecule has 116 valence electrons. The summed E-state index contributed by atoms with van der Waals surface area (Å²) in [5, 5.41) is 0. The maximum atomic E-state index is 3.80. The highest BCUT2D eigenvalue weighted by Crippen LogP contribution is 2.18. The molecule has 0 fully saturated rings. The molecule has 0 aromatic heterocycles. The first-order chi connectivity index (χ1) is 9.31. The Kier molecular flexibility index (Phi) is 17.0. The number of rotatable bonds is 15. The van der Waals surface area contributed by atoms with E-state index in [9.17, 15) is 0 Å². The van der Waals surface area contributed by atoms with Crippen molar-refractivity contribution < 1.29 is 0 Å². The Morgan fingerprint density at radius 3 is 1.37 bits per heavy atom. The molecule has 0 saturated heterocycles. The fraction of sp³-hybridized carbons (Fsp3) is 1.00. The van der Waals surface area contributed by atoms with Gasteiger partial charge < -0.3 is 0 Å². The van der Waals surface area contributed by atoms with Crippen molar-refractivity contribution in [3.8, 4) is 0 Å². The van der Waals surface area contributed by atoms with Crippen molar-refractivity contribution in [3.05, 3.63) is 0 Å². The molecule has 0 aromatic carbocycles. The van der Waals surface area contributed by atoms with Crippen molar-refractivity contribution in [2.75, 3.05) is 0 Å². The normalized spacial score (nSPS) is 12.8. The van der Waals surface area contributed by atoms with E-state index in [2.05, 4.69) is 29.8 Å². The topological polar surface area (TPSA) is 0 Å². The second-order valence-corrected chi connectivity index (χ2v) is 7.36. The molecule has 0 aromatic rings. The van der Waals surface area contributed by atoms with E-state index in [1.54, 1.807) is 0 Å². The number of alkyl halides is 1. The van der Waals surface area contributed by atoms with E-state index in [4.69, 9.17) is 0 Å². The van der Waals surface area contributed by atoms with Gasteiger partial charge in [0, 0.05) is 4.83 Å². The Labute approximate surface area is 131 Å². The highest BCUT2D eigenvalue weighted by atomic mass is 79.9. The Morgan fingerprint density at radius 1 is 0.526 bits per heavy atom. The predicted molar refractivity (Wildman–Crippen MR) is 93.3 cm³/mol. The Morgan fingerprint density at radius 2 is 0.895 bits per heavy atom. The van der Waals surface area contributed by atoms with E-state index in [-0.39, 0.29) is 0 Å². The van der Waals surface area contributed by atoms with Gasteiger partial charge in [-0.25, -0.2) is 0 Å². The molecule has 0 heterocycles. The SMILES string of the molecule is CCCCCCCCCCCCCC(Br)CCCC. The number of hydrogen-bond donors (Lipinski definition) is 0. The lowest BCUT2D eigenvalue weighted by Gasteiger charge is -2.08. The first-order valence-electron chi connectivity index (χ1n) is 8.95. The van der Waals surface area contributed by atoms with Crippen LogP contribution < -0.4 is 0 Å². The summed E-state index contributed by atoms with van der Waals surface area (Å²) >= 11 is 3.80. The summed E-state index contributed by atoms with van der Waals surface area (Å²) in [6.07, 6.45) is 21.4. The van der Waals surface area contributed by atoms with Crippen LogP contribution in [0.3, 0.4) is 0 Å². The third-order valence-corrected chi connectivity index (χ3v) is 4.91. The van der Waals surface area contributed by atoms with Crippen LogP contribution in [0.15, 0.2) is 0 Å². The molecule has 0 amide bonds. The first kappa shape index (κ1) is 19.5. The van der Waals surface area contributed by atoms with E-state index >= 15 is 0 Å². The Hall–Kier alpha value is 0.480. The quantitative estimate of drug-likeness (QED) is 0.213.